The van der Waals surface area contributed by atoms with Gasteiger partial charge in [0.25, 0.3) is 0 Å². The molecule has 0 aliphatic carbocycles. The Labute approximate surface area is 98.0 Å². The Kier molecular flexibility index (Phi) is 5.45. The van der Waals surface area contributed by atoms with Crippen LogP contribution in [0.2, 0.25) is 0 Å². The van der Waals surface area contributed by atoms with E-state index in [-0.39, 0.29) is 0 Å². The van der Waals surface area contributed by atoms with E-state index < -0.39 is 0 Å². The molecule has 1 unspecified atom stereocenters. The summed E-state index contributed by atoms with van der Waals surface area (Å²) in [6.45, 7) is 2.80. The number of terminal acetylenes is 1. The molecule has 0 fully saturated rings. The van der Waals surface area contributed by atoms with Crippen LogP contribution in [0, 0.1) is 12.3 Å². The van der Waals surface area contributed by atoms with Crippen LogP contribution < -0.4 is 10.1 Å². The highest BCUT2D eigenvalue weighted by atomic mass is 16.5. The molecule has 0 heterocycles. The van der Waals surface area contributed by atoms with E-state index in [1.807, 2.05) is 12.1 Å². The molecule has 1 N–H and O–H groups in total. The quantitative estimate of drug-likeness (QED) is 0.738. The van der Waals surface area contributed by atoms with Gasteiger partial charge in [-0.1, -0.05) is 18.1 Å². The first-order chi connectivity index (χ1) is 7.76. The summed E-state index contributed by atoms with van der Waals surface area (Å²) >= 11 is 0. The zero-order valence-electron chi connectivity index (χ0n) is 9.99. The number of methoxy groups -OCH3 is 1. The molecule has 0 aliphatic heterocycles. The maximum atomic E-state index is 5.19. The van der Waals surface area contributed by atoms with Gasteiger partial charge in [0.2, 0.25) is 0 Å². The zero-order chi connectivity index (χ0) is 11.8. The van der Waals surface area contributed by atoms with Gasteiger partial charge in [-0.05, 0) is 37.5 Å². The van der Waals surface area contributed by atoms with Gasteiger partial charge in [0.1, 0.15) is 5.75 Å². The van der Waals surface area contributed by atoms with Gasteiger partial charge >= 0.3 is 0 Å². The van der Waals surface area contributed by atoms with Crippen LogP contribution in [0.1, 0.15) is 18.9 Å². The number of benzene rings is 1. The summed E-state index contributed by atoms with van der Waals surface area (Å²) in [5, 5.41) is 3.26. The topological polar surface area (TPSA) is 21.3 Å². The minimum Gasteiger partial charge on any atom is -0.497 e. The van der Waals surface area contributed by atoms with E-state index >= 15 is 0 Å². The molecule has 0 spiro atoms. The van der Waals surface area contributed by atoms with Gasteiger partial charge in [0, 0.05) is 6.04 Å². The molecule has 0 aliphatic rings. The van der Waals surface area contributed by atoms with Crippen molar-refractivity contribution in [2.45, 2.75) is 25.8 Å². The summed E-state index contributed by atoms with van der Waals surface area (Å²) in [6.07, 6.45) is 7.34. The third-order valence-corrected chi connectivity index (χ3v) is 2.58. The predicted molar refractivity (Wildman–Crippen MR) is 67.6 cm³/mol. The average Bonchev–Trinajstić information content (AvgIpc) is 2.34. The second-order valence-corrected chi connectivity index (χ2v) is 3.87. The third kappa shape index (κ3) is 4.37. The second kappa shape index (κ2) is 6.92. The molecule has 2 heteroatoms. The van der Waals surface area contributed by atoms with Crippen molar-refractivity contribution in [2.75, 3.05) is 13.7 Å². The predicted octanol–water partition coefficient (Wildman–Crippen LogP) is 2.24. The highest BCUT2D eigenvalue weighted by Crippen LogP contribution is 2.13. The monoisotopic (exact) mass is 217 g/mol. The Hall–Kier alpha value is -1.46. The van der Waals surface area contributed by atoms with Crippen LogP contribution in [0.3, 0.4) is 0 Å². The Morgan fingerprint density at radius 2 is 2.06 bits per heavy atom. The first-order valence-corrected chi connectivity index (χ1v) is 5.56. The lowest BCUT2D eigenvalue weighted by Gasteiger charge is -2.11. The van der Waals surface area contributed by atoms with Crippen molar-refractivity contribution >= 4 is 0 Å². The molecule has 0 bridgehead atoms. The summed E-state index contributed by atoms with van der Waals surface area (Å²) in [7, 11) is 1.68. The SMILES string of the molecule is C#CCNC(C)CCc1ccc(OC)cc1. The molecule has 0 saturated heterocycles. The molecular formula is C14H19NO. The summed E-state index contributed by atoms with van der Waals surface area (Å²) in [5.74, 6) is 3.49. The standard InChI is InChI=1S/C14H19NO/c1-4-11-15-12(2)5-6-13-7-9-14(16-3)10-8-13/h1,7-10,12,15H,5-6,11H2,2-3H3. The number of ether oxygens (including phenoxy) is 1. The van der Waals surface area contributed by atoms with Crippen LogP contribution in [0.4, 0.5) is 0 Å². The highest BCUT2D eigenvalue weighted by molar-refractivity contribution is 5.27. The molecule has 86 valence electrons. The Morgan fingerprint density at radius 3 is 2.62 bits per heavy atom. The maximum absolute atomic E-state index is 5.19. The number of nitrogens with one attached hydrogen (secondary N) is 1. The third-order valence-electron chi connectivity index (χ3n) is 2.58. The normalized spacial score (nSPS) is 11.8. The van der Waals surface area contributed by atoms with Crippen molar-refractivity contribution in [1.82, 2.24) is 5.32 Å². The molecular weight excluding hydrogens is 198 g/mol. The van der Waals surface area contributed by atoms with E-state index in [9.17, 15) is 0 Å². The maximum Gasteiger partial charge on any atom is 0.118 e. The fourth-order valence-corrected chi connectivity index (χ4v) is 1.51. The van der Waals surface area contributed by atoms with Crippen LogP contribution in [-0.2, 0) is 6.42 Å². The van der Waals surface area contributed by atoms with Crippen molar-refractivity contribution in [3.05, 3.63) is 29.8 Å². The van der Waals surface area contributed by atoms with Crippen molar-refractivity contribution in [3.63, 3.8) is 0 Å². The highest BCUT2D eigenvalue weighted by Gasteiger charge is 2.01. The number of hydrogen-bond donors (Lipinski definition) is 1. The van der Waals surface area contributed by atoms with Gasteiger partial charge in [0.15, 0.2) is 0 Å². The Bertz CT molecular complexity index is 337. The van der Waals surface area contributed by atoms with Crippen LogP contribution in [0.15, 0.2) is 24.3 Å². The van der Waals surface area contributed by atoms with E-state index in [2.05, 4.69) is 30.3 Å². The van der Waals surface area contributed by atoms with Crippen molar-refractivity contribution in [1.29, 1.82) is 0 Å². The average molecular weight is 217 g/mol. The van der Waals surface area contributed by atoms with Gasteiger partial charge in [-0.15, -0.1) is 6.42 Å². The number of aryl methyl sites for hydroxylation is 1. The summed E-state index contributed by atoms with van der Waals surface area (Å²) in [4.78, 5) is 0. The molecule has 0 saturated carbocycles. The first-order valence-electron chi connectivity index (χ1n) is 5.56. The Morgan fingerprint density at radius 1 is 1.38 bits per heavy atom. The molecule has 0 aromatic heterocycles. The minimum atomic E-state index is 0.457. The molecule has 1 rings (SSSR count). The molecule has 1 aromatic rings. The van der Waals surface area contributed by atoms with E-state index in [0.717, 1.165) is 18.6 Å². The molecule has 16 heavy (non-hydrogen) atoms. The van der Waals surface area contributed by atoms with E-state index in [4.69, 9.17) is 11.2 Å². The largest absolute Gasteiger partial charge is 0.497 e. The lowest BCUT2D eigenvalue weighted by Crippen LogP contribution is -2.26. The number of rotatable bonds is 6. The van der Waals surface area contributed by atoms with Crippen molar-refractivity contribution in [2.24, 2.45) is 0 Å². The van der Waals surface area contributed by atoms with E-state index in [1.54, 1.807) is 7.11 Å². The lowest BCUT2D eigenvalue weighted by molar-refractivity contribution is 0.414. The molecule has 2 nitrogen and oxygen atoms in total. The smallest absolute Gasteiger partial charge is 0.118 e. The van der Waals surface area contributed by atoms with Crippen LogP contribution in [0.5, 0.6) is 5.75 Å². The van der Waals surface area contributed by atoms with Crippen LogP contribution >= 0.6 is 0 Å². The van der Waals surface area contributed by atoms with Crippen molar-refractivity contribution < 1.29 is 4.74 Å². The second-order valence-electron chi connectivity index (χ2n) is 3.87. The van der Waals surface area contributed by atoms with Gasteiger partial charge < -0.3 is 10.1 Å². The van der Waals surface area contributed by atoms with E-state index in [0.29, 0.717) is 12.6 Å². The van der Waals surface area contributed by atoms with Crippen LogP contribution in [-0.4, -0.2) is 19.7 Å². The van der Waals surface area contributed by atoms with Gasteiger partial charge in [-0.2, -0.15) is 0 Å². The van der Waals surface area contributed by atoms with E-state index in [1.165, 1.54) is 5.56 Å². The number of hydrogen-bond acceptors (Lipinski definition) is 2. The molecule has 1 aromatic carbocycles. The summed E-state index contributed by atoms with van der Waals surface area (Å²) < 4.78 is 5.11. The minimum absolute atomic E-state index is 0.457. The molecule has 0 radical (unpaired) electrons. The molecule has 1 atom stereocenters. The molecule has 0 amide bonds. The fourth-order valence-electron chi connectivity index (χ4n) is 1.51. The first kappa shape index (κ1) is 12.6. The summed E-state index contributed by atoms with van der Waals surface area (Å²) in [5.41, 5.74) is 1.33. The lowest BCUT2D eigenvalue weighted by atomic mass is 10.1. The van der Waals surface area contributed by atoms with Gasteiger partial charge in [0.05, 0.1) is 13.7 Å². The fraction of sp³-hybridized carbons (Fsp3) is 0.429. The van der Waals surface area contributed by atoms with Crippen LogP contribution in [0.25, 0.3) is 0 Å². The zero-order valence-corrected chi connectivity index (χ0v) is 9.99. The summed E-state index contributed by atoms with van der Waals surface area (Å²) in [6, 6.07) is 8.65. The van der Waals surface area contributed by atoms with Gasteiger partial charge in [-0.25, -0.2) is 0 Å². The Balaban J connectivity index is 2.34. The van der Waals surface area contributed by atoms with Crippen molar-refractivity contribution in [3.8, 4) is 18.1 Å². The van der Waals surface area contributed by atoms with Gasteiger partial charge in [-0.3, -0.25) is 0 Å².